The molecule has 0 aliphatic heterocycles. The first kappa shape index (κ1) is 28.9. The second-order valence-electron chi connectivity index (χ2n) is 11.1. The summed E-state index contributed by atoms with van der Waals surface area (Å²) in [4.78, 5) is 15.3. The third-order valence-electron chi connectivity index (χ3n) is 7.13. The normalized spacial score (nSPS) is 12.3. The lowest BCUT2D eigenvalue weighted by Gasteiger charge is -2.17. The maximum Gasteiger partial charge on any atom is 0.124 e. The molecule has 4 nitrogen and oxygen atoms in total. The molecule has 1 aromatic heterocycles. The molecule has 0 saturated carbocycles. The number of aryl methyl sites for hydroxylation is 2. The van der Waals surface area contributed by atoms with Crippen molar-refractivity contribution in [1.82, 2.24) is 4.98 Å². The van der Waals surface area contributed by atoms with E-state index in [1.165, 1.54) is 11.1 Å². The highest BCUT2D eigenvalue weighted by Crippen LogP contribution is 2.35. The summed E-state index contributed by atoms with van der Waals surface area (Å²) in [6.45, 7) is 17.6. The molecule has 0 aliphatic carbocycles. The van der Waals surface area contributed by atoms with Crippen molar-refractivity contribution in [2.45, 2.75) is 73.8 Å². The lowest BCUT2D eigenvalue weighted by Crippen LogP contribution is -2.08. The fraction of sp³-hybridized carbons (Fsp3) is 0.306. The number of aliphatic imine (C=N–C) groups is 2. The molecule has 0 bridgehead atoms. The van der Waals surface area contributed by atoms with E-state index < -0.39 is 0 Å². The highest BCUT2D eigenvalue weighted by molar-refractivity contribution is 6.03. The number of ether oxygens (including phenoxy) is 1. The van der Waals surface area contributed by atoms with Crippen molar-refractivity contribution < 1.29 is 4.74 Å². The van der Waals surface area contributed by atoms with Crippen LogP contribution in [0.5, 0.6) is 5.75 Å². The van der Waals surface area contributed by atoms with Crippen molar-refractivity contribution in [1.29, 1.82) is 0 Å². The molecule has 40 heavy (non-hydrogen) atoms. The van der Waals surface area contributed by atoms with Crippen molar-refractivity contribution in [3.05, 3.63) is 118 Å². The molecule has 206 valence electrons. The van der Waals surface area contributed by atoms with Crippen LogP contribution in [0.15, 0.2) is 88.8 Å². The van der Waals surface area contributed by atoms with Gasteiger partial charge in [-0.3, -0.25) is 9.98 Å². The summed E-state index contributed by atoms with van der Waals surface area (Å²) >= 11 is 0. The van der Waals surface area contributed by atoms with Gasteiger partial charge in [-0.05, 0) is 67.3 Å². The van der Waals surface area contributed by atoms with Gasteiger partial charge in [-0.25, -0.2) is 4.98 Å². The molecule has 0 atom stereocenters. The molecule has 4 heteroatoms. The van der Waals surface area contributed by atoms with Crippen LogP contribution in [-0.4, -0.2) is 16.4 Å². The molecule has 0 radical (unpaired) electrons. The quantitative estimate of drug-likeness (QED) is 0.202. The second-order valence-corrected chi connectivity index (χ2v) is 11.1. The van der Waals surface area contributed by atoms with Crippen molar-refractivity contribution in [2.24, 2.45) is 9.98 Å². The van der Waals surface area contributed by atoms with Crippen LogP contribution in [0, 0.1) is 13.8 Å². The molecular formula is C36H41N3O. The molecule has 3 aromatic carbocycles. The number of hydrogen-bond donors (Lipinski definition) is 0. The molecule has 0 aliphatic rings. The van der Waals surface area contributed by atoms with E-state index in [2.05, 4.69) is 90.1 Å². The maximum atomic E-state index is 6.30. The number of pyridine rings is 1. The number of rotatable bonds is 9. The summed E-state index contributed by atoms with van der Waals surface area (Å²) in [7, 11) is 0. The average Bonchev–Trinajstić information content (AvgIpc) is 2.94. The Kier molecular flexibility index (Phi) is 9.31. The summed E-state index contributed by atoms with van der Waals surface area (Å²) in [6.07, 6.45) is 0. The lowest BCUT2D eigenvalue weighted by atomic mass is 9.93. The first-order valence-corrected chi connectivity index (χ1v) is 14.1. The molecule has 0 unspecified atom stereocenters. The van der Waals surface area contributed by atoms with Crippen LogP contribution in [0.2, 0.25) is 0 Å². The van der Waals surface area contributed by atoms with E-state index in [-0.39, 0.29) is 0 Å². The Labute approximate surface area is 239 Å². The van der Waals surface area contributed by atoms with Gasteiger partial charge in [0.2, 0.25) is 0 Å². The number of nitrogens with zero attached hydrogens (tertiary/aromatic N) is 3. The van der Waals surface area contributed by atoms with Gasteiger partial charge in [-0.1, -0.05) is 94.4 Å². The van der Waals surface area contributed by atoms with E-state index in [0.29, 0.717) is 18.4 Å². The molecule has 4 rings (SSSR count). The minimum Gasteiger partial charge on any atom is -0.489 e. The maximum absolute atomic E-state index is 6.30. The van der Waals surface area contributed by atoms with E-state index >= 15 is 0 Å². The molecule has 0 N–H and O–H groups in total. The van der Waals surface area contributed by atoms with Crippen molar-refractivity contribution in [3.8, 4) is 5.75 Å². The van der Waals surface area contributed by atoms with Crippen molar-refractivity contribution >= 4 is 22.8 Å². The van der Waals surface area contributed by atoms with Crippen LogP contribution in [0.3, 0.4) is 0 Å². The Morgan fingerprint density at radius 3 is 1.70 bits per heavy atom. The third kappa shape index (κ3) is 6.93. The zero-order valence-electron chi connectivity index (χ0n) is 25.1. The van der Waals surface area contributed by atoms with E-state index in [4.69, 9.17) is 19.7 Å². The Morgan fingerprint density at radius 1 is 0.675 bits per heavy atom. The zero-order chi connectivity index (χ0) is 28.8. The SMILES string of the molecule is CC(=Nc1c(C)cccc1C)c1cc(OCc2ccccc2)cc(C(C)=Nc2c(C(C)C)cccc2C(C)C)n1. The van der Waals surface area contributed by atoms with E-state index in [1.54, 1.807) is 0 Å². The zero-order valence-corrected chi connectivity index (χ0v) is 25.1. The van der Waals surface area contributed by atoms with E-state index in [9.17, 15) is 0 Å². The van der Waals surface area contributed by atoms with Gasteiger partial charge in [-0.15, -0.1) is 0 Å². The standard InChI is InChI=1S/C36H41N3O/c1-23(2)31-18-13-19-32(24(3)4)36(31)38-28(8)34-21-30(40-22-29-16-10-9-11-17-29)20-33(39-34)27(7)37-35-25(5)14-12-15-26(35)6/h9-21,23-24H,22H2,1-8H3. The molecular weight excluding hydrogens is 490 g/mol. The summed E-state index contributed by atoms with van der Waals surface area (Å²) in [5.41, 5.74) is 11.2. The molecule has 0 amide bonds. The average molecular weight is 532 g/mol. The molecule has 4 aromatic rings. The largest absolute Gasteiger partial charge is 0.489 e. The van der Waals surface area contributed by atoms with Crippen LogP contribution in [0.4, 0.5) is 11.4 Å². The highest BCUT2D eigenvalue weighted by Gasteiger charge is 2.16. The fourth-order valence-corrected chi connectivity index (χ4v) is 4.77. The van der Waals surface area contributed by atoms with Crippen LogP contribution in [0.1, 0.15) is 92.6 Å². The van der Waals surface area contributed by atoms with Gasteiger partial charge in [0.25, 0.3) is 0 Å². The molecule has 1 heterocycles. The van der Waals surface area contributed by atoms with Gasteiger partial charge >= 0.3 is 0 Å². The summed E-state index contributed by atoms with van der Waals surface area (Å²) in [5.74, 6) is 1.47. The van der Waals surface area contributed by atoms with Crippen LogP contribution >= 0.6 is 0 Å². The highest BCUT2D eigenvalue weighted by atomic mass is 16.5. The minimum absolute atomic E-state index is 0.362. The van der Waals surface area contributed by atoms with E-state index in [0.717, 1.165) is 56.6 Å². The van der Waals surface area contributed by atoms with Gasteiger partial charge in [0.05, 0.1) is 34.2 Å². The topological polar surface area (TPSA) is 46.8 Å². The number of benzene rings is 3. The molecule has 0 spiro atoms. The van der Waals surface area contributed by atoms with Crippen molar-refractivity contribution in [3.63, 3.8) is 0 Å². The monoisotopic (exact) mass is 531 g/mol. The third-order valence-corrected chi connectivity index (χ3v) is 7.13. The van der Waals surface area contributed by atoms with Gasteiger partial charge < -0.3 is 4.74 Å². The fourth-order valence-electron chi connectivity index (χ4n) is 4.77. The van der Waals surface area contributed by atoms with Crippen LogP contribution in [-0.2, 0) is 6.61 Å². The Balaban J connectivity index is 1.82. The predicted molar refractivity (Wildman–Crippen MR) is 169 cm³/mol. The lowest BCUT2D eigenvalue weighted by molar-refractivity contribution is 0.306. The Hall–Kier alpha value is -4.05. The second kappa shape index (κ2) is 12.9. The van der Waals surface area contributed by atoms with E-state index in [1.807, 2.05) is 44.2 Å². The first-order chi connectivity index (χ1) is 19.1. The Bertz CT molecular complexity index is 1480. The number of hydrogen-bond acceptors (Lipinski definition) is 4. The summed E-state index contributed by atoms with van der Waals surface area (Å²) < 4.78 is 6.30. The van der Waals surface area contributed by atoms with Crippen molar-refractivity contribution in [2.75, 3.05) is 0 Å². The molecule has 0 saturated heterocycles. The van der Waals surface area contributed by atoms with Gasteiger partial charge in [0, 0.05) is 12.1 Å². The molecule has 0 fully saturated rings. The van der Waals surface area contributed by atoms with Crippen LogP contribution in [0.25, 0.3) is 0 Å². The number of aromatic nitrogens is 1. The predicted octanol–water partition coefficient (Wildman–Crippen LogP) is 9.81. The summed E-state index contributed by atoms with van der Waals surface area (Å²) in [5, 5.41) is 0. The van der Waals surface area contributed by atoms with Gasteiger partial charge in [0.1, 0.15) is 12.4 Å². The number of para-hydroxylation sites is 2. The first-order valence-electron chi connectivity index (χ1n) is 14.1. The van der Waals surface area contributed by atoms with Gasteiger partial charge in [-0.2, -0.15) is 0 Å². The van der Waals surface area contributed by atoms with Crippen LogP contribution < -0.4 is 4.74 Å². The minimum atomic E-state index is 0.362. The Morgan fingerprint density at radius 2 is 1.18 bits per heavy atom. The van der Waals surface area contributed by atoms with Gasteiger partial charge in [0.15, 0.2) is 0 Å². The smallest absolute Gasteiger partial charge is 0.124 e. The summed E-state index contributed by atoms with van der Waals surface area (Å²) in [6, 6.07) is 26.9.